The van der Waals surface area contributed by atoms with Crippen molar-refractivity contribution in [1.82, 2.24) is 0 Å². The van der Waals surface area contributed by atoms with Crippen molar-refractivity contribution in [3.63, 3.8) is 0 Å². The van der Waals surface area contributed by atoms with Crippen LogP contribution < -0.4 is 0 Å². The molecule has 0 aliphatic heterocycles. The Hall–Kier alpha value is -3.67. The molecule has 0 rings (SSSR count). The molecular formula is C68H116O6. The van der Waals surface area contributed by atoms with Crippen molar-refractivity contribution < 1.29 is 28.6 Å². The third-order valence-corrected chi connectivity index (χ3v) is 13.3. The first-order valence-corrected chi connectivity index (χ1v) is 31.2. The molecule has 1 atom stereocenters. The van der Waals surface area contributed by atoms with Crippen molar-refractivity contribution in [2.45, 2.75) is 303 Å². The summed E-state index contributed by atoms with van der Waals surface area (Å²) in [7, 11) is 0. The SMILES string of the molecule is CC/C=C\C/C=C\C/C=C\CCCCCCCCCC(=O)OC(COC(=O)CCCCCCC/C=C\C/C=C\CCCCCC)COC(=O)CCCCCCCCCC/C=C\C/C=C\C/C=C\CCCCCCC. The average molecular weight is 1030 g/mol. The van der Waals surface area contributed by atoms with E-state index in [0.29, 0.717) is 19.3 Å². The zero-order valence-corrected chi connectivity index (χ0v) is 48.6. The van der Waals surface area contributed by atoms with E-state index in [1.165, 1.54) is 128 Å². The zero-order valence-electron chi connectivity index (χ0n) is 48.6. The van der Waals surface area contributed by atoms with Crippen LogP contribution in [-0.2, 0) is 28.6 Å². The summed E-state index contributed by atoms with van der Waals surface area (Å²) in [6.07, 6.45) is 82.6. The van der Waals surface area contributed by atoms with Gasteiger partial charge in [-0.1, -0.05) is 253 Å². The molecule has 0 aliphatic carbocycles. The molecule has 0 aliphatic rings. The molecule has 0 aromatic rings. The lowest BCUT2D eigenvalue weighted by atomic mass is 10.1. The highest BCUT2D eigenvalue weighted by molar-refractivity contribution is 5.71. The van der Waals surface area contributed by atoms with Crippen LogP contribution in [0.25, 0.3) is 0 Å². The second-order valence-electron chi connectivity index (χ2n) is 20.6. The van der Waals surface area contributed by atoms with E-state index in [1.54, 1.807) is 0 Å². The fourth-order valence-electron chi connectivity index (χ4n) is 8.61. The molecule has 424 valence electrons. The van der Waals surface area contributed by atoms with E-state index in [4.69, 9.17) is 14.2 Å². The smallest absolute Gasteiger partial charge is 0.306 e. The molecule has 1 unspecified atom stereocenters. The van der Waals surface area contributed by atoms with Gasteiger partial charge in [0.05, 0.1) is 0 Å². The van der Waals surface area contributed by atoms with Crippen LogP contribution in [0.4, 0.5) is 0 Å². The molecule has 6 nitrogen and oxygen atoms in total. The Morgan fingerprint density at radius 2 is 0.527 bits per heavy atom. The van der Waals surface area contributed by atoms with E-state index in [2.05, 4.69) is 118 Å². The van der Waals surface area contributed by atoms with Gasteiger partial charge in [-0.3, -0.25) is 14.4 Å². The van der Waals surface area contributed by atoms with Crippen LogP contribution in [0.1, 0.15) is 297 Å². The molecular weight excluding hydrogens is 913 g/mol. The summed E-state index contributed by atoms with van der Waals surface area (Å²) in [5.41, 5.74) is 0. The number of esters is 3. The molecule has 74 heavy (non-hydrogen) atoms. The summed E-state index contributed by atoms with van der Waals surface area (Å²) in [5.74, 6) is -0.913. The predicted octanol–water partition coefficient (Wildman–Crippen LogP) is 21.3. The molecule has 0 bridgehead atoms. The van der Waals surface area contributed by atoms with Gasteiger partial charge in [0.15, 0.2) is 6.10 Å². The molecule has 0 radical (unpaired) electrons. The molecule has 0 aromatic heterocycles. The zero-order chi connectivity index (χ0) is 53.6. The number of ether oxygens (including phenoxy) is 3. The van der Waals surface area contributed by atoms with Gasteiger partial charge in [0.2, 0.25) is 0 Å². The monoisotopic (exact) mass is 1030 g/mol. The van der Waals surface area contributed by atoms with Gasteiger partial charge in [0, 0.05) is 19.3 Å². The Morgan fingerprint density at radius 3 is 0.838 bits per heavy atom. The van der Waals surface area contributed by atoms with Crippen LogP contribution in [0.5, 0.6) is 0 Å². The largest absolute Gasteiger partial charge is 0.462 e. The van der Waals surface area contributed by atoms with Crippen molar-refractivity contribution in [3.05, 3.63) is 97.2 Å². The quantitative estimate of drug-likeness (QED) is 0.0261. The molecule has 0 heterocycles. The van der Waals surface area contributed by atoms with Crippen molar-refractivity contribution in [3.8, 4) is 0 Å². The molecule has 0 saturated carbocycles. The fourth-order valence-corrected chi connectivity index (χ4v) is 8.61. The second kappa shape index (κ2) is 61.9. The maximum Gasteiger partial charge on any atom is 0.306 e. The minimum Gasteiger partial charge on any atom is -0.462 e. The van der Waals surface area contributed by atoms with E-state index >= 15 is 0 Å². The first-order valence-electron chi connectivity index (χ1n) is 31.2. The van der Waals surface area contributed by atoms with Crippen LogP contribution >= 0.6 is 0 Å². The van der Waals surface area contributed by atoms with E-state index in [1.807, 2.05) is 0 Å². The minimum atomic E-state index is -0.794. The lowest BCUT2D eigenvalue weighted by Gasteiger charge is -2.18. The predicted molar refractivity (Wildman–Crippen MR) is 320 cm³/mol. The number of unbranched alkanes of at least 4 members (excludes halogenated alkanes) is 29. The van der Waals surface area contributed by atoms with E-state index in [9.17, 15) is 14.4 Å². The van der Waals surface area contributed by atoms with Gasteiger partial charge >= 0.3 is 17.9 Å². The second-order valence-corrected chi connectivity index (χ2v) is 20.6. The number of carbonyl (C=O) groups excluding carboxylic acids is 3. The normalized spacial score (nSPS) is 12.7. The van der Waals surface area contributed by atoms with Crippen LogP contribution in [0, 0.1) is 0 Å². The Balaban J connectivity index is 4.41. The summed E-state index contributed by atoms with van der Waals surface area (Å²) in [6, 6.07) is 0. The topological polar surface area (TPSA) is 78.9 Å². The maximum absolute atomic E-state index is 12.9. The standard InChI is InChI=1S/C68H116O6/c1-4-7-10-13-16-19-22-25-28-31-32-33-34-35-36-38-40-43-46-49-52-55-58-61-67(70)73-64-65(63-72-66(69)60-57-54-51-48-45-42-39-30-27-24-21-18-15-12-9-6-3)74-68(71)62-59-56-53-50-47-44-41-37-29-26-23-20-17-14-11-8-5-2/h8,11,17,20-22,24-26,29-32,34-35,39,65H,4-7,9-10,12-16,18-19,23,27-28,33,36-38,40-64H2,1-3H3/b11-8-,20-17-,24-21-,25-22-,29-26-,32-31-,35-34-,39-30-. The highest BCUT2D eigenvalue weighted by Gasteiger charge is 2.19. The number of carbonyl (C=O) groups is 3. The summed E-state index contributed by atoms with van der Waals surface area (Å²) < 4.78 is 16.9. The highest BCUT2D eigenvalue weighted by Crippen LogP contribution is 2.15. The van der Waals surface area contributed by atoms with Gasteiger partial charge in [-0.25, -0.2) is 0 Å². The van der Waals surface area contributed by atoms with Crippen LogP contribution in [-0.4, -0.2) is 37.2 Å². The molecule has 0 fully saturated rings. The first kappa shape index (κ1) is 70.3. The summed E-state index contributed by atoms with van der Waals surface area (Å²) in [4.78, 5) is 38.3. The third-order valence-electron chi connectivity index (χ3n) is 13.3. The van der Waals surface area contributed by atoms with Gasteiger partial charge in [-0.15, -0.1) is 0 Å². The third kappa shape index (κ3) is 59.2. The molecule has 6 heteroatoms. The molecule has 0 saturated heterocycles. The molecule has 0 N–H and O–H groups in total. The lowest BCUT2D eigenvalue weighted by molar-refractivity contribution is -0.167. The maximum atomic E-state index is 12.9. The summed E-state index contributed by atoms with van der Waals surface area (Å²) in [6.45, 7) is 6.49. The average Bonchev–Trinajstić information content (AvgIpc) is 3.40. The summed E-state index contributed by atoms with van der Waals surface area (Å²) >= 11 is 0. The van der Waals surface area contributed by atoms with Crippen molar-refractivity contribution >= 4 is 17.9 Å². The van der Waals surface area contributed by atoms with Gasteiger partial charge in [0.25, 0.3) is 0 Å². The Bertz CT molecular complexity index is 1460. The van der Waals surface area contributed by atoms with Crippen LogP contribution in [0.3, 0.4) is 0 Å². The Morgan fingerprint density at radius 1 is 0.284 bits per heavy atom. The van der Waals surface area contributed by atoms with Crippen LogP contribution in [0.15, 0.2) is 97.2 Å². The molecule has 0 aromatic carbocycles. The van der Waals surface area contributed by atoms with Gasteiger partial charge < -0.3 is 14.2 Å². The first-order chi connectivity index (χ1) is 36.5. The lowest BCUT2D eigenvalue weighted by Crippen LogP contribution is -2.30. The van der Waals surface area contributed by atoms with Crippen molar-refractivity contribution in [2.24, 2.45) is 0 Å². The van der Waals surface area contributed by atoms with Gasteiger partial charge in [-0.05, 0) is 122 Å². The van der Waals surface area contributed by atoms with E-state index < -0.39 is 6.10 Å². The molecule has 0 amide bonds. The highest BCUT2D eigenvalue weighted by atomic mass is 16.6. The number of rotatable bonds is 56. The summed E-state index contributed by atoms with van der Waals surface area (Å²) in [5, 5.41) is 0. The number of hydrogen-bond acceptors (Lipinski definition) is 6. The fraction of sp³-hybridized carbons (Fsp3) is 0.721. The Labute approximate surface area is 457 Å². The number of allylic oxidation sites excluding steroid dienone is 16. The van der Waals surface area contributed by atoms with Gasteiger partial charge in [0.1, 0.15) is 13.2 Å². The molecule has 0 spiro atoms. The van der Waals surface area contributed by atoms with Crippen molar-refractivity contribution in [2.75, 3.05) is 13.2 Å². The van der Waals surface area contributed by atoms with Crippen molar-refractivity contribution in [1.29, 1.82) is 0 Å². The van der Waals surface area contributed by atoms with E-state index in [-0.39, 0.29) is 31.1 Å². The van der Waals surface area contributed by atoms with E-state index in [0.717, 1.165) is 128 Å². The van der Waals surface area contributed by atoms with Gasteiger partial charge in [-0.2, -0.15) is 0 Å². The van der Waals surface area contributed by atoms with Crippen LogP contribution in [0.2, 0.25) is 0 Å². The Kier molecular flexibility index (Phi) is 58.8. The number of hydrogen-bond donors (Lipinski definition) is 0. The minimum absolute atomic E-state index is 0.0903.